The van der Waals surface area contributed by atoms with E-state index < -0.39 is 11.9 Å². The Labute approximate surface area is 138 Å². The van der Waals surface area contributed by atoms with Crippen LogP contribution in [0.4, 0.5) is 5.69 Å². The van der Waals surface area contributed by atoms with Crippen LogP contribution in [0.25, 0.3) is 0 Å². The number of benzene rings is 1. The molecule has 1 aromatic carbocycles. The molecule has 0 atom stereocenters. The summed E-state index contributed by atoms with van der Waals surface area (Å²) in [5.41, 5.74) is 0.578. The van der Waals surface area contributed by atoms with Crippen molar-refractivity contribution in [3.05, 3.63) is 18.2 Å². The molecule has 10 heteroatoms. The lowest BCUT2D eigenvalue weighted by Crippen LogP contribution is -2.30. The molecule has 0 aliphatic heterocycles. The van der Waals surface area contributed by atoms with Gasteiger partial charge in [-0.15, -0.1) is 0 Å². The summed E-state index contributed by atoms with van der Waals surface area (Å²) in [5, 5.41) is 28.9. The number of aliphatic carboxylic acids is 2. The highest BCUT2D eigenvalue weighted by atomic mass is 16.5. The normalized spacial score (nSPS) is 9.29. The molecule has 0 saturated heterocycles. The summed E-state index contributed by atoms with van der Waals surface area (Å²) < 4.78 is 10.2. The maximum absolute atomic E-state index is 11.6. The van der Waals surface area contributed by atoms with Crippen molar-refractivity contribution in [3.63, 3.8) is 0 Å². The molecule has 1 rings (SSSR count). The van der Waals surface area contributed by atoms with Gasteiger partial charge in [-0.3, -0.25) is 4.79 Å². The van der Waals surface area contributed by atoms with Crippen molar-refractivity contribution in [2.24, 2.45) is 0 Å². The van der Waals surface area contributed by atoms with Crippen LogP contribution in [0, 0.1) is 0 Å². The smallest absolute Gasteiger partial charge is 0.414 e. The lowest BCUT2D eigenvalue weighted by molar-refractivity contribution is -0.159. The van der Waals surface area contributed by atoms with Crippen molar-refractivity contribution in [1.29, 1.82) is 0 Å². The third kappa shape index (κ3) is 8.56. The van der Waals surface area contributed by atoms with Gasteiger partial charge in [0.05, 0.1) is 33.1 Å². The molecule has 10 nitrogen and oxygen atoms in total. The Bertz CT molecular complexity index is 550. The molecular weight excluding hydrogens is 324 g/mol. The van der Waals surface area contributed by atoms with Gasteiger partial charge in [0.25, 0.3) is 0 Å². The van der Waals surface area contributed by atoms with Crippen molar-refractivity contribution in [3.8, 4) is 11.5 Å². The standard InChI is InChI=1S/C12H18N2O4.C2H2O4/c1-17-9-3-4-10(11(7-9)18-2)14-12(16)8-13-5-6-15;3-1(4)2(5)6/h3-4,7,13,15H,5-6,8H2,1-2H3,(H,14,16);(H,3,4)(H,5,6). The Morgan fingerprint density at radius 1 is 1.08 bits per heavy atom. The lowest BCUT2D eigenvalue weighted by atomic mass is 10.2. The largest absolute Gasteiger partial charge is 0.497 e. The molecule has 0 spiro atoms. The third-order valence-corrected chi connectivity index (χ3v) is 2.44. The van der Waals surface area contributed by atoms with Gasteiger partial charge < -0.3 is 35.4 Å². The van der Waals surface area contributed by atoms with Gasteiger partial charge in [-0.05, 0) is 12.1 Å². The van der Waals surface area contributed by atoms with E-state index in [1.807, 2.05) is 0 Å². The average Bonchev–Trinajstić information content (AvgIpc) is 2.55. The Balaban J connectivity index is 0.000000754. The number of hydrogen-bond donors (Lipinski definition) is 5. The molecule has 0 saturated carbocycles. The van der Waals surface area contributed by atoms with Crippen LogP contribution in [0.2, 0.25) is 0 Å². The van der Waals surface area contributed by atoms with Crippen LogP contribution in [-0.2, 0) is 14.4 Å². The number of rotatable bonds is 7. The maximum atomic E-state index is 11.6. The van der Waals surface area contributed by atoms with Gasteiger partial charge in [-0.1, -0.05) is 0 Å². The number of carboxylic acids is 2. The molecule has 5 N–H and O–H groups in total. The molecule has 0 aliphatic rings. The first-order valence-electron chi connectivity index (χ1n) is 6.65. The quantitative estimate of drug-likeness (QED) is 0.321. The predicted molar refractivity (Wildman–Crippen MR) is 83.4 cm³/mol. The lowest BCUT2D eigenvalue weighted by Gasteiger charge is -2.11. The van der Waals surface area contributed by atoms with Crippen molar-refractivity contribution in [1.82, 2.24) is 5.32 Å². The van der Waals surface area contributed by atoms with Crippen molar-refractivity contribution >= 4 is 23.5 Å². The van der Waals surface area contributed by atoms with Crippen LogP contribution in [0.3, 0.4) is 0 Å². The summed E-state index contributed by atoms with van der Waals surface area (Å²) >= 11 is 0. The number of hydrogen-bond acceptors (Lipinski definition) is 7. The van der Waals surface area contributed by atoms with Gasteiger partial charge in [0.15, 0.2) is 0 Å². The molecule has 0 bridgehead atoms. The minimum Gasteiger partial charge on any atom is -0.497 e. The number of carbonyl (C=O) groups excluding carboxylic acids is 1. The van der Waals surface area contributed by atoms with E-state index >= 15 is 0 Å². The zero-order valence-electron chi connectivity index (χ0n) is 13.2. The summed E-state index contributed by atoms with van der Waals surface area (Å²) in [4.78, 5) is 29.8. The number of anilines is 1. The SMILES string of the molecule is COc1ccc(NC(=O)CNCCO)c(OC)c1.O=C(O)C(=O)O. The second-order valence-electron chi connectivity index (χ2n) is 4.13. The highest BCUT2D eigenvalue weighted by molar-refractivity contribution is 6.27. The summed E-state index contributed by atoms with van der Waals surface area (Å²) in [5.74, 6) is -2.66. The zero-order chi connectivity index (χ0) is 18.5. The second-order valence-corrected chi connectivity index (χ2v) is 4.13. The fourth-order valence-electron chi connectivity index (χ4n) is 1.38. The summed E-state index contributed by atoms with van der Waals surface area (Å²) in [7, 11) is 3.08. The van der Waals surface area contributed by atoms with Crippen LogP contribution in [0.15, 0.2) is 18.2 Å². The molecule has 24 heavy (non-hydrogen) atoms. The Morgan fingerprint density at radius 2 is 1.71 bits per heavy atom. The topological polar surface area (TPSA) is 154 Å². The van der Waals surface area contributed by atoms with E-state index in [2.05, 4.69) is 10.6 Å². The Kier molecular flexibility index (Phi) is 10.3. The minimum atomic E-state index is -1.82. The van der Waals surface area contributed by atoms with E-state index in [0.29, 0.717) is 23.7 Å². The van der Waals surface area contributed by atoms with Crippen LogP contribution >= 0.6 is 0 Å². The number of aliphatic hydroxyl groups excluding tert-OH is 1. The van der Waals surface area contributed by atoms with Gasteiger partial charge in [0.2, 0.25) is 5.91 Å². The number of carboxylic acid groups (broad SMARTS) is 2. The number of methoxy groups -OCH3 is 2. The van der Waals surface area contributed by atoms with Crippen LogP contribution in [-0.4, -0.2) is 67.1 Å². The molecule has 134 valence electrons. The Hall–Kier alpha value is -2.85. The van der Waals surface area contributed by atoms with Gasteiger partial charge in [-0.2, -0.15) is 0 Å². The zero-order valence-corrected chi connectivity index (χ0v) is 13.2. The summed E-state index contributed by atoms with van der Waals surface area (Å²) in [6.07, 6.45) is 0. The highest BCUT2D eigenvalue weighted by Crippen LogP contribution is 2.28. The van der Waals surface area contributed by atoms with Crippen LogP contribution < -0.4 is 20.1 Å². The molecule has 0 aromatic heterocycles. The molecule has 0 heterocycles. The molecule has 1 aromatic rings. The number of carbonyl (C=O) groups is 3. The molecule has 0 unspecified atom stereocenters. The monoisotopic (exact) mass is 344 g/mol. The van der Waals surface area contributed by atoms with Gasteiger partial charge in [0.1, 0.15) is 11.5 Å². The average molecular weight is 344 g/mol. The van der Waals surface area contributed by atoms with Crippen LogP contribution in [0.1, 0.15) is 0 Å². The summed E-state index contributed by atoms with van der Waals surface area (Å²) in [6, 6.07) is 5.14. The molecule has 0 fully saturated rings. The van der Waals surface area contributed by atoms with Gasteiger partial charge in [0, 0.05) is 12.6 Å². The number of aliphatic hydroxyl groups is 1. The highest BCUT2D eigenvalue weighted by Gasteiger charge is 2.08. The predicted octanol–water partition coefficient (Wildman–Crippen LogP) is -0.620. The number of ether oxygens (including phenoxy) is 2. The first kappa shape index (κ1) is 21.1. The fourth-order valence-corrected chi connectivity index (χ4v) is 1.38. The Morgan fingerprint density at radius 3 is 2.17 bits per heavy atom. The molecular formula is C14H20N2O8. The van der Waals surface area contributed by atoms with E-state index in [-0.39, 0.29) is 19.1 Å². The third-order valence-electron chi connectivity index (χ3n) is 2.44. The summed E-state index contributed by atoms with van der Waals surface area (Å²) in [6.45, 7) is 0.516. The van der Waals surface area contributed by atoms with E-state index in [1.54, 1.807) is 25.3 Å². The maximum Gasteiger partial charge on any atom is 0.414 e. The van der Waals surface area contributed by atoms with Gasteiger partial charge >= 0.3 is 11.9 Å². The van der Waals surface area contributed by atoms with Crippen molar-refractivity contribution in [2.45, 2.75) is 0 Å². The molecule has 0 radical (unpaired) electrons. The number of amides is 1. The van der Waals surface area contributed by atoms with E-state index in [4.69, 9.17) is 34.4 Å². The van der Waals surface area contributed by atoms with E-state index in [0.717, 1.165) is 0 Å². The number of nitrogens with one attached hydrogen (secondary N) is 2. The van der Waals surface area contributed by atoms with E-state index in [9.17, 15) is 4.79 Å². The minimum absolute atomic E-state index is 0.000856. The van der Waals surface area contributed by atoms with Gasteiger partial charge in [-0.25, -0.2) is 9.59 Å². The van der Waals surface area contributed by atoms with Crippen LogP contribution in [0.5, 0.6) is 11.5 Å². The van der Waals surface area contributed by atoms with Crippen molar-refractivity contribution in [2.75, 3.05) is 39.2 Å². The van der Waals surface area contributed by atoms with Crippen molar-refractivity contribution < 1.29 is 39.2 Å². The first-order valence-corrected chi connectivity index (χ1v) is 6.65. The first-order chi connectivity index (χ1) is 11.3. The fraction of sp³-hybridized carbons (Fsp3) is 0.357. The molecule has 1 amide bonds. The second kappa shape index (κ2) is 11.7. The van der Waals surface area contributed by atoms with E-state index in [1.165, 1.54) is 7.11 Å². The molecule has 0 aliphatic carbocycles.